The fourth-order valence-electron chi connectivity index (χ4n) is 2.22. The van der Waals surface area contributed by atoms with Crippen LogP contribution in [0.25, 0.3) is 0 Å². The molecule has 0 amide bonds. The van der Waals surface area contributed by atoms with Gasteiger partial charge in [0.1, 0.15) is 0 Å². The van der Waals surface area contributed by atoms with Crippen LogP contribution in [0.15, 0.2) is 18.2 Å². The Morgan fingerprint density at radius 3 is 2.88 bits per heavy atom. The zero-order valence-electron chi connectivity index (χ0n) is 9.77. The first-order valence-corrected chi connectivity index (χ1v) is 6.17. The van der Waals surface area contributed by atoms with E-state index in [1.807, 2.05) is 19.1 Å². The number of aldehydes is 1. The summed E-state index contributed by atoms with van der Waals surface area (Å²) >= 11 is 6.00. The van der Waals surface area contributed by atoms with Crippen LogP contribution in [-0.2, 0) is 0 Å². The van der Waals surface area contributed by atoms with Gasteiger partial charge in [0.15, 0.2) is 6.29 Å². The summed E-state index contributed by atoms with van der Waals surface area (Å²) in [6.07, 6.45) is 1.48. The van der Waals surface area contributed by atoms with Crippen molar-refractivity contribution >= 4 is 23.6 Å². The minimum absolute atomic E-state index is 0.273. The average Bonchev–Trinajstić information content (AvgIpc) is 2.78. The molecule has 1 aromatic carbocycles. The third kappa shape index (κ3) is 2.61. The van der Waals surface area contributed by atoms with E-state index in [2.05, 4.69) is 4.90 Å². The Kier molecular flexibility index (Phi) is 3.69. The molecule has 4 heteroatoms. The molecule has 2 unspecified atom stereocenters. The van der Waals surface area contributed by atoms with E-state index in [0.29, 0.717) is 16.5 Å². The molecule has 92 valence electrons. The van der Waals surface area contributed by atoms with Gasteiger partial charge in [0.25, 0.3) is 0 Å². The Bertz CT molecular complexity index is 420. The van der Waals surface area contributed by atoms with Crippen LogP contribution in [-0.4, -0.2) is 30.6 Å². The summed E-state index contributed by atoms with van der Waals surface area (Å²) in [4.78, 5) is 12.9. The number of carbonyl (C=O) groups excluding carboxylic acids is 1. The maximum Gasteiger partial charge on any atom is 0.151 e. The minimum atomic E-state index is -0.273. The molecule has 1 heterocycles. The molecule has 0 radical (unpaired) electrons. The van der Waals surface area contributed by atoms with Crippen molar-refractivity contribution in [2.45, 2.75) is 19.4 Å². The monoisotopic (exact) mass is 253 g/mol. The summed E-state index contributed by atoms with van der Waals surface area (Å²) in [6, 6.07) is 5.45. The second kappa shape index (κ2) is 5.07. The van der Waals surface area contributed by atoms with E-state index in [1.54, 1.807) is 6.07 Å². The zero-order chi connectivity index (χ0) is 12.4. The van der Waals surface area contributed by atoms with Crippen molar-refractivity contribution in [1.29, 1.82) is 0 Å². The van der Waals surface area contributed by atoms with Gasteiger partial charge in [-0.3, -0.25) is 4.79 Å². The quantitative estimate of drug-likeness (QED) is 0.841. The van der Waals surface area contributed by atoms with Crippen molar-refractivity contribution < 1.29 is 9.90 Å². The van der Waals surface area contributed by atoms with E-state index in [-0.39, 0.29) is 6.10 Å². The van der Waals surface area contributed by atoms with Gasteiger partial charge in [-0.15, -0.1) is 0 Å². The number of anilines is 1. The van der Waals surface area contributed by atoms with Gasteiger partial charge in [0.05, 0.1) is 11.1 Å². The zero-order valence-corrected chi connectivity index (χ0v) is 10.5. The maximum atomic E-state index is 10.7. The largest absolute Gasteiger partial charge is 0.393 e. The van der Waals surface area contributed by atoms with Gasteiger partial charge >= 0.3 is 0 Å². The van der Waals surface area contributed by atoms with Gasteiger partial charge in [-0.05, 0) is 31.5 Å². The van der Waals surface area contributed by atoms with Crippen LogP contribution in [0.1, 0.15) is 23.7 Å². The van der Waals surface area contributed by atoms with E-state index in [1.165, 1.54) is 0 Å². The molecule has 1 aliphatic heterocycles. The molecule has 0 bridgehead atoms. The summed E-state index contributed by atoms with van der Waals surface area (Å²) in [7, 11) is 0. The van der Waals surface area contributed by atoms with Gasteiger partial charge in [-0.25, -0.2) is 0 Å². The summed E-state index contributed by atoms with van der Waals surface area (Å²) in [5.41, 5.74) is 1.53. The summed E-state index contributed by atoms with van der Waals surface area (Å²) in [5, 5.41) is 10.0. The van der Waals surface area contributed by atoms with Crippen LogP contribution in [0.5, 0.6) is 0 Å². The lowest BCUT2D eigenvalue weighted by atomic mass is 10.0. The molecule has 2 atom stereocenters. The van der Waals surface area contributed by atoms with Gasteiger partial charge in [0.2, 0.25) is 0 Å². The fraction of sp³-hybridized carbons (Fsp3) is 0.462. The molecule has 0 spiro atoms. The number of rotatable bonds is 3. The van der Waals surface area contributed by atoms with Crippen molar-refractivity contribution in [3.05, 3.63) is 28.8 Å². The second-order valence-corrected chi connectivity index (χ2v) is 4.97. The van der Waals surface area contributed by atoms with Gasteiger partial charge in [-0.1, -0.05) is 11.6 Å². The van der Waals surface area contributed by atoms with E-state index < -0.39 is 0 Å². The molecule has 0 aromatic heterocycles. The third-order valence-electron chi connectivity index (χ3n) is 3.38. The van der Waals surface area contributed by atoms with Crippen LogP contribution >= 0.6 is 11.6 Å². The van der Waals surface area contributed by atoms with Crippen LogP contribution < -0.4 is 4.90 Å². The Hall–Kier alpha value is -1.06. The lowest BCUT2D eigenvalue weighted by Crippen LogP contribution is -2.23. The Balaban J connectivity index is 2.14. The standard InChI is InChI=1S/C13H16ClNO2/c1-9(17)10-4-5-15(7-10)12-3-2-11(8-16)13(14)6-12/h2-3,6,8-10,17H,4-5,7H2,1H3. The van der Waals surface area contributed by atoms with Crippen LogP contribution in [0.4, 0.5) is 5.69 Å². The number of hydrogen-bond acceptors (Lipinski definition) is 3. The van der Waals surface area contributed by atoms with Crippen molar-refractivity contribution in [2.24, 2.45) is 5.92 Å². The molecular formula is C13H16ClNO2. The Morgan fingerprint density at radius 1 is 1.59 bits per heavy atom. The van der Waals surface area contributed by atoms with Gasteiger partial charge in [0, 0.05) is 30.3 Å². The highest BCUT2D eigenvalue weighted by Gasteiger charge is 2.26. The third-order valence-corrected chi connectivity index (χ3v) is 3.71. The summed E-state index contributed by atoms with van der Waals surface area (Å²) < 4.78 is 0. The molecule has 0 saturated carbocycles. The number of carbonyl (C=O) groups is 1. The second-order valence-electron chi connectivity index (χ2n) is 4.56. The Labute approximate surface area is 106 Å². The topological polar surface area (TPSA) is 40.5 Å². The highest BCUT2D eigenvalue weighted by atomic mass is 35.5. The molecule has 3 nitrogen and oxygen atoms in total. The van der Waals surface area contributed by atoms with E-state index in [4.69, 9.17) is 11.6 Å². The fourth-order valence-corrected chi connectivity index (χ4v) is 2.44. The molecular weight excluding hydrogens is 238 g/mol. The van der Waals surface area contributed by atoms with E-state index in [0.717, 1.165) is 31.5 Å². The number of aliphatic hydroxyl groups excluding tert-OH is 1. The predicted octanol–water partition coefficient (Wildman–Crippen LogP) is 2.36. The number of hydrogen-bond donors (Lipinski definition) is 1. The number of halogens is 1. The number of nitrogens with zero attached hydrogens (tertiary/aromatic N) is 1. The Morgan fingerprint density at radius 2 is 2.35 bits per heavy atom. The highest BCUT2D eigenvalue weighted by Crippen LogP contribution is 2.28. The maximum absolute atomic E-state index is 10.7. The molecule has 0 aliphatic carbocycles. The van der Waals surface area contributed by atoms with Gasteiger partial charge in [-0.2, -0.15) is 0 Å². The number of benzene rings is 1. The molecule has 2 rings (SSSR count). The summed E-state index contributed by atoms with van der Waals surface area (Å²) in [5.74, 6) is 0.319. The predicted molar refractivity (Wildman–Crippen MR) is 68.8 cm³/mol. The molecule has 1 fully saturated rings. The van der Waals surface area contributed by atoms with Crippen LogP contribution in [0, 0.1) is 5.92 Å². The highest BCUT2D eigenvalue weighted by molar-refractivity contribution is 6.33. The van der Waals surface area contributed by atoms with Crippen molar-refractivity contribution in [1.82, 2.24) is 0 Å². The van der Waals surface area contributed by atoms with Gasteiger partial charge < -0.3 is 10.0 Å². The SMILES string of the molecule is CC(O)C1CCN(c2ccc(C=O)c(Cl)c2)C1. The molecule has 17 heavy (non-hydrogen) atoms. The van der Waals surface area contributed by atoms with E-state index in [9.17, 15) is 9.90 Å². The van der Waals surface area contributed by atoms with Crippen molar-refractivity contribution in [3.63, 3.8) is 0 Å². The van der Waals surface area contributed by atoms with Crippen LogP contribution in [0.2, 0.25) is 5.02 Å². The van der Waals surface area contributed by atoms with Crippen LogP contribution in [0.3, 0.4) is 0 Å². The first-order chi connectivity index (χ1) is 8.11. The minimum Gasteiger partial charge on any atom is -0.393 e. The first-order valence-electron chi connectivity index (χ1n) is 5.79. The van der Waals surface area contributed by atoms with Crippen molar-refractivity contribution in [2.75, 3.05) is 18.0 Å². The normalized spacial score (nSPS) is 21.6. The van der Waals surface area contributed by atoms with Crippen molar-refractivity contribution in [3.8, 4) is 0 Å². The molecule has 1 saturated heterocycles. The average molecular weight is 254 g/mol. The first kappa shape index (κ1) is 12.4. The smallest absolute Gasteiger partial charge is 0.151 e. The summed E-state index contributed by atoms with van der Waals surface area (Å²) in [6.45, 7) is 3.59. The lowest BCUT2D eigenvalue weighted by molar-refractivity contribution is 0.112. The molecule has 1 aromatic rings. The van der Waals surface area contributed by atoms with E-state index >= 15 is 0 Å². The molecule has 1 N–H and O–H groups in total. The lowest BCUT2D eigenvalue weighted by Gasteiger charge is -2.20. The number of aliphatic hydroxyl groups is 1. The molecule has 1 aliphatic rings.